The van der Waals surface area contributed by atoms with Gasteiger partial charge in [0, 0.05) is 19.0 Å². The number of fused-ring (bicyclic) bond motifs is 1. The first kappa shape index (κ1) is 15.3. The molecule has 112 valence electrons. The van der Waals surface area contributed by atoms with Crippen LogP contribution in [0.15, 0.2) is 17.0 Å². The van der Waals surface area contributed by atoms with Crippen LogP contribution in [0, 0.1) is 6.92 Å². The molecule has 2 atom stereocenters. The van der Waals surface area contributed by atoms with Gasteiger partial charge in [-0.1, -0.05) is 6.92 Å². The van der Waals surface area contributed by atoms with E-state index >= 15 is 0 Å². The van der Waals surface area contributed by atoms with Crippen LogP contribution < -0.4 is 15.2 Å². The third-order valence-corrected chi connectivity index (χ3v) is 5.17. The molecule has 0 radical (unpaired) electrons. The monoisotopic (exact) mass is 298 g/mol. The van der Waals surface area contributed by atoms with Crippen molar-refractivity contribution in [1.82, 2.24) is 4.72 Å². The molecule has 2 unspecified atom stereocenters. The highest BCUT2D eigenvalue weighted by atomic mass is 32.2. The number of nitrogens with one attached hydrogen (secondary N) is 1. The van der Waals surface area contributed by atoms with Gasteiger partial charge in [-0.05, 0) is 43.5 Å². The lowest BCUT2D eigenvalue weighted by Crippen LogP contribution is -2.32. The summed E-state index contributed by atoms with van der Waals surface area (Å²) in [5.41, 5.74) is 7.37. The zero-order valence-electron chi connectivity index (χ0n) is 12.1. The summed E-state index contributed by atoms with van der Waals surface area (Å²) in [5.74, 6) is 0.780. The summed E-state index contributed by atoms with van der Waals surface area (Å²) in [6.45, 7) is 6.09. The van der Waals surface area contributed by atoms with E-state index in [4.69, 9.17) is 10.5 Å². The van der Waals surface area contributed by atoms with E-state index in [-0.39, 0.29) is 12.1 Å². The zero-order valence-corrected chi connectivity index (χ0v) is 13.0. The number of sulfonamides is 1. The van der Waals surface area contributed by atoms with Gasteiger partial charge in [0.15, 0.2) is 0 Å². The third-order valence-electron chi connectivity index (χ3n) is 3.60. The van der Waals surface area contributed by atoms with Gasteiger partial charge in [-0.25, -0.2) is 13.1 Å². The minimum atomic E-state index is -3.48. The van der Waals surface area contributed by atoms with Gasteiger partial charge in [0.25, 0.3) is 0 Å². The summed E-state index contributed by atoms with van der Waals surface area (Å²) in [6.07, 6.45) is 1.37. The molecule has 3 N–H and O–H groups in total. The van der Waals surface area contributed by atoms with Crippen LogP contribution >= 0.6 is 0 Å². The average molecular weight is 298 g/mol. The second kappa shape index (κ2) is 5.71. The second-order valence-electron chi connectivity index (χ2n) is 5.34. The largest absolute Gasteiger partial charge is 0.488 e. The fourth-order valence-electron chi connectivity index (χ4n) is 2.29. The molecule has 0 amide bonds. The van der Waals surface area contributed by atoms with Gasteiger partial charge in [-0.2, -0.15) is 0 Å². The Labute approximate surface area is 120 Å². The van der Waals surface area contributed by atoms with Gasteiger partial charge in [-0.15, -0.1) is 0 Å². The first-order valence-electron chi connectivity index (χ1n) is 6.90. The highest BCUT2D eigenvalue weighted by molar-refractivity contribution is 7.89. The Balaban J connectivity index is 2.34. The second-order valence-corrected chi connectivity index (χ2v) is 7.05. The Hall–Kier alpha value is -1.11. The number of rotatable bonds is 5. The van der Waals surface area contributed by atoms with Crippen molar-refractivity contribution in [2.75, 3.05) is 6.54 Å². The van der Waals surface area contributed by atoms with E-state index in [1.165, 1.54) is 0 Å². The van der Waals surface area contributed by atoms with Gasteiger partial charge in [0.2, 0.25) is 10.0 Å². The van der Waals surface area contributed by atoms with Crippen LogP contribution in [-0.2, 0) is 16.4 Å². The van der Waals surface area contributed by atoms with Crippen LogP contribution in [0.2, 0.25) is 0 Å². The smallest absolute Gasteiger partial charge is 0.240 e. The Morgan fingerprint density at radius 3 is 2.80 bits per heavy atom. The third kappa shape index (κ3) is 2.97. The maximum absolute atomic E-state index is 12.3. The van der Waals surface area contributed by atoms with Crippen molar-refractivity contribution >= 4 is 10.0 Å². The maximum atomic E-state index is 12.3. The summed E-state index contributed by atoms with van der Waals surface area (Å²) in [5, 5.41) is 0. The standard InChI is InChI=1S/C14H22N2O3S/c1-4-10(3)16-20(17,18)13-5-9(2)14-11(7-13)6-12(8-15)19-14/h5,7,10,12,16H,4,6,8,15H2,1-3H3. The quantitative estimate of drug-likeness (QED) is 0.859. The first-order chi connectivity index (χ1) is 9.37. The molecule has 1 aliphatic rings. The van der Waals surface area contributed by atoms with Crippen molar-refractivity contribution in [3.8, 4) is 5.75 Å². The molecule has 6 heteroatoms. The van der Waals surface area contributed by atoms with E-state index in [2.05, 4.69) is 4.72 Å². The van der Waals surface area contributed by atoms with Crippen molar-refractivity contribution in [2.45, 2.75) is 50.7 Å². The highest BCUT2D eigenvalue weighted by Gasteiger charge is 2.27. The van der Waals surface area contributed by atoms with Crippen molar-refractivity contribution in [3.05, 3.63) is 23.3 Å². The Morgan fingerprint density at radius 1 is 1.50 bits per heavy atom. The molecule has 0 fully saturated rings. The summed E-state index contributed by atoms with van der Waals surface area (Å²) in [6, 6.07) is 3.27. The maximum Gasteiger partial charge on any atom is 0.240 e. The SMILES string of the molecule is CCC(C)NS(=O)(=O)c1cc(C)c2c(c1)CC(CN)O2. The van der Waals surface area contributed by atoms with Crippen LogP contribution in [0.1, 0.15) is 31.4 Å². The summed E-state index contributed by atoms with van der Waals surface area (Å²) in [7, 11) is -3.48. The molecule has 1 aromatic rings. The van der Waals surface area contributed by atoms with Crippen molar-refractivity contribution in [2.24, 2.45) is 5.73 Å². The van der Waals surface area contributed by atoms with E-state index in [1.54, 1.807) is 12.1 Å². The molecule has 20 heavy (non-hydrogen) atoms. The number of ether oxygens (including phenoxy) is 1. The summed E-state index contributed by atoms with van der Waals surface area (Å²) in [4.78, 5) is 0.301. The van der Waals surface area contributed by atoms with E-state index in [9.17, 15) is 8.42 Å². The lowest BCUT2D eigenvalue weighted by Gasteiger charge is -2.14. The number of hydrogen-bond donors (Lipinski definition) is 2. The molecule has 2 rings (SSSR count). The molecule has 0 bridgehead atoms. The van der Waals surface area contributed by atoms with Crippen LogP contribution in [0.3, 0.4) is 0 Å². The minimum Gasteiger partial charge on any atom is -0.488 e. The average Bonchev–Trinajstić information content (AvgIpc) is 2.81. The number of hydrogen-bond acceptors (Lipinski definition) is 4. The molecular weight excluding hydrogens is 276 g/mol. The van der Waals surface area contributed by atoms with Crippen molar-refractivity contribution < 1.29 is 13.2 Å². The number of aryl methyl sites for hydroxylation is 1. The topological polar surface area (TPSA) is 81.4 Å². The normalized spacial score (nSPS) is 19.5. The Morgan fingerprint density at radius 2 is 2.20 bits per heavy atom. The van der Waals surface area contributed by atoms with Crippen LogP contribution in [0.25, 0.3) is 0 Å². The molecule has 5 nitrogen and oxygen atoms in total. The van der Waals surface area contributed by atoms with Gasteiger partial charge in [-0.3, -0.25) is 0 Å². The summed E-state index contributed by atoms with van der Waals surface area (Å²) < 4.78 is 33.0. The van der Waals surface area contributed by atoms with Crippen LogP contribution in [0.5, 0.6) is 5.75 Å². The Kier molecular flexibility index (Phi) is 4.36. The predicted molar refractivity (Wildman–Crippen MR) is 78.4 cm³/mol. The van der Waals surface area contributed by atoms with Gasteiger partial charge in [0.05, 0.1) is 4.90 Å². The van der Waals surface area contributed by atoms with Crippen molar-refractivity contribution in [3.63, 3.8) is 0 Å². The molecule has 1 aliphatic heterocycles. The molecule has 1 aromatic carbocycles. The lowest BCUT2D eigenvalue weighted by molar-refractivity contribution is 0.240. The molecule has 0 saturated heterocycles. The lowest BCUT2D eigenvalue weighted by atomic mass is 10.1. The van der Waals surface area contributed by atoms with E-state index in [0.717, 1.165) is 23.3 Å². The van der Waals surface area contributed by atoms with Gasteiger partial charge in [0.1, 0.15) is 11.9 Å². The zero-order chi connectivity index (χ0) is 14.9. The molecule has 0 saturated carbocycles. The first-order valence-corrected chi connectivity index (χ1v) is 8.38. The Bertz CT molecular complexity index is 599. The summed E-state index contributed by atoms with van der Waals surface area (Å²) >= 11 is 0. The van der Waals surface area contributed by atoms with Gasteiger partial charge >= 0.3 is 0 Å². The minimum absolute atomic E-state index is 0.0517. The van der Waals surface area contributed by atoms with Gasteiger partial charge < -0.3 is 10.5 Å². The van der Waals surface area contributed by atoms with Crippen LogP contribution in [0.4, 0.5) is 0 Å². The molecule has 0 spiro atoms. The number of benzene rings is 1. The predicted octanol–water partition coefficient (Wildman–Crippen LogP) is 1.33. The number of nitrogens with two attached hydrogens (primary N) is 1. The molecule has 0 aromatic heterocycles. The van der Waals surface area contributed by atoms with E-state index in [1.807, 2.05) is 20.8 Å². The molecule has 1 heterocycles. The van der Waals surface area contributed by atoms with E-state index < -0.39 is 10.0 Å². The highest BCUT2D eigenvalue weighted by Crippen LogP contribution is 2.34. The van der Waals surface area contributed by atoms with Crippen molar-refractivity contribution in [1.29, 1.82) is 0 Å². The molecule has 0 aliphatic carbocycles. The fourth-order valence-corrected chi connectivity index (χ4v) is 3.75. The molecular formula is C14H22N2O3S. The fraction of sp³-hybridized carbons (Fsp3) is 0.571. The van der Waals surface area contributed by atoms with E-state index in [0.29, 0.717) is 17.9 Å². The van der Waals surface area contributed by atoms with Crippen LogP contribution in [-0.4, -0.2) is 27.1 Å².